The third-order valence-electron chi connectivity index (χ3n) is 3.91. The molecule has 2 aromatic rings. The number of nitrogens with zero attached hydrogens (tertiary/aromatic N) is 2. The second kappa shape index (κ2) is 4.50. The van der Waals surface area contributed by atoms with Crippen LogP contribution < -0.4 is 0 Å². The summed E-state index contributed by atoms with van der Waals surface area (Å²) in [4.78, 5) is 8.71. The molecule has 0 spiro atoms. The van der Waals surface area contributed by atoms with Crippen LogP contribution in [0, 0.1) is 0 Å². The minimum absolute atomic E-state index is 0.240. The minimum atomic E-state index is -0.567. The molecule has 1 unspecified atom stereocenters. The van der Waals surface area contributed by atoms with Crippen LogP contribution in [0.2, 0.25) is 0 Å². The van der Waals surface area contributed by atoms with Gasteiger partial charge in [-0.25, -0.2) is 0 Å². The Hall–Kier alpha value is -1.74. The Morgan fingerprint density at radius 3 is 2.22 bits per heavy atom. The van der Waals surface area contributed by atoms with Crippen LogP contribution >= 0.6 is 0 Å². The summed E-state index contributed by atoms with van der Waals surface area (Å²) in [7, 11) is 0. The molecule has 0 aromatic carbocycles. The fourth-order valence-corrected chi connectivity index (χ4v) is 2.71. The number of rotatable bonds is 3. The molecule has 1 saturated carbocycles. The third kappa shape index (κ3) is 1.71. The van der Waals surface area contributed by atoms with Gasteiger partial charge < -0.3 is 5.11 Å². The second-order valence-corrected chi connectivity index (χ2v) is 4.88. The molecule has 2 heterocycles. The molecule has 0 radical (unpaired) electrons. The summed E-state index contributed by atoms with van der Waals surface area (Å²) >= 11 is 0. The maximum atomic E-state index is 10.6. The van der Waals surface area contributed by atoms with Gasteiger partial charge in [0.25, 0.3) is 0 Å². The summed E-state index contributed by atoms with van der Waals surface area (Å²) in [6.07, 6.45) is 6.04. The van der Waals surface area contributed by atoms with Gasteiger partial charge in [0, 0.05) is 23.5 Å². The number of aromatic nitrogens is 2. The first-order chi connectivity index (χ1) is 8.83. The van der Waals surface area contributed by atoms with Crippen LogP contribution in [0.5, 0.6) is 0 Å². The quantitative estimate of drug-likeness (QED) is 0.897. The van der Waals surface area contributed by atoms with Crippen LogP contribution in [-0.2, 0) is 5.41 Å². The van der Waals surface area contributed by atoms with Crippen LogP contribution in [0.15, 0.2) is 48.8 Å². The van der Waals surface area contributed by atoms with E-state index in [0.29, 0.717) is 0 Å². The van der Waals surface area contributed by atoms with E-state index in [9.17, 15) is 5.11 Å². The number of aliphatic hydroxyl groups excluding tert-OH is 1. The first-order valence-corrected chi connectivity index (χ1v) is 6.33. The van der Waals surface area contributed by atoms with Gasteiger partial charge in [-0.15, -0.1) is 0 Å². The lowest BCUT2D eigenvalue weighted by molar-refractivity contribution is 0.0209. The highest BCUT2D eigenvalue weighted by molar-refractivity contribution is 5.27. The first kappa shape index (κ1) is 11.4. The average Bonchev–Trinajstić information content (AvgIpc) is 2.40. The van der Waals surface area contributed by atoms with Crippen LogP contribution in [0.25, 0.3) is 0 Å². The molecule has 0 saturated heterocycles. The fourth-order valence-electron chi connectivity index (χ4n) is 2.71. The summed E-state index contributed by atoms with van der Waals surface area (Å²) in [5.41, 5.74) is 1.48. The second-order valence-electron chi connectivity index (χ2n) is 4.88. The van der Waals surface area contributed by atoms with E-state index in [-0.39, 0.29) is 5.41 Å². The number of aliphatic hydroxyl groups is 1. The van der Waals surface area contributed by atoms with E-state index in [1.165, 1.54) is 0 Å². The number of hydrogen-bond acceptors (Lipinski definition) is 3. The highest BCUT2D eigenvalue weighted by atomic mass is 16.3. The van der Waals surface area contributed by atoms with E-state index >= 15 is 0 Å². The van der Waals surface area contributed by atoms with Gasteiger partial charge in [-0.3, -0.25) is 9.97 Å². The van der Waals surface area contributed by atoms with Crippen molar-refractivity contribution in [2.75, 3.05) is 0 Å². The number of pyridine rings is 2. The molecule has 3 nitrogen and oxygen atoms in total. The Morgan fingerprint density at radius 2 is 1.72 bits per heavy atom. The van der Waals surface area contributed by atoms with Crippen molar-refractivity contribution in [2.45, 2.75) is 30.8 Å². The molecular formula is C15H16N2O. The summed E-state index contributed by atoms with van der Waals surface area (Å²) in [6.45, 7) is 0. The highest BCUT2D eigenvalue weighted by Gasteiger charge is 2.47. The van der Waals surface area contributed by atoms with E-state index in [2.05, 4.69) is 9.97 Å². The number of hydrogen-bond donors (Lipinski definition) is 1. The van der Waals surface area contributed by atoms with Gasteiger partial charge in [-0.2, -0.15) is 0 Å². The van der Waals surface area contributed by atoms with Crippen molar-refractivity contribution < 1.29 is 5.11 Å². The summed E-state index contributed by atoms with van der Waals surface area (Å²) < 4.78 is 0. The molecule has 3 heteroatoms. The molecule has 18 heavy (non-hydrogen) atoms. The van der Waals surface area contributed by atoms with Crippen LogP contribution in [-0.4, -0.2) is 15.1 Å². The van der Waals surface area contributed by atoms with E-state index in [0.717, 1.165) is 30.7 Å². The maximum Gasteiger partial charge on any atom is 0.107 e. The molecule has 0 aliphatic heterocycles. The Bertz CT molecular complexity index is 509. The molecule has 2 aromatic heterocycles. The van der Waals surface area contributed by atoms with Gasteiger partial charge in [-0.05, 0) is 37.1 Å². The van der Waals surface area contributed by atoms with Crippen molar-refractivity contribution >= 4 is 0 Å². The Morgan fingerprint density at radius 1 is 1.00 bits per heavy atom. The molecule has 1 fully saturated rings. The molecule has 92 valence electrons. The highest BCUT2D eigenvalue weighted by Crippen LogP contribution is 2.50. The van der Waals surface area contributed by atoms with Crippen molar-refractivity contribution in [3.8, 4) is 0 Å². The lowest BCUT2D eigenvalue weighted by Gasteiger charge is -2.44. The zero-order valence-corrected chi connectivity index (χ0v) is 10.2. The van der Waals surface area contributed by atoms with Gasteiger partial charge in [0.1, 0.15) is 6.10 Å². The van der Waals surface area contributed by atoms with E-state index in [1.54, 1.807) is 12.4 Å². The Labute approximate surface area is 107 Å². The average molecular weight is 240 g/mol. The van der Waals surface area contributed by atoms with Gasteiger partial charge in [0.2, 0.25) is 0 Å². The predicted octanol–water partition coefficient (Wildman–Crippen LogP) is 2.63. The van der Waals surface area contributed by atoms with Crippen molar-refractivity contribution in [1.29, 1.82) is 0 Å². The van der Waals surface area contributed by atoms with Crippen molar-refractivity contribution in [3.05, 3.63) is 60.2 Å². The van der Waals surface area contributed by atoms with Gasteiger partial charge in [-0.1, -0.05) is 18.6 Å². The SMILES string of the molecule is OC(c1ccccn1)C1(c2ccccn2)CCC1. The molecule has 0 bridgehead atoms. The smallest absolute Gasteiger partial charge is 0.107 e. The van der Waals surface area contributed by atoms with Crippen LogP contribution in [0.3, 0.4) is 0 Å². The molecular weight excluding hydrogens is 224 g/mol. The zero-order chi connectivity index (χ0) is 12.4. The lowest BCUT2D eigenvalue weighted by Crippen LogP contribution is -2.41. The molecule has 0 amide bonds. The molecule has 1 atom stereocenters. The normalized spacial score (nSPS) is 18.9. The van der Waals surface area contributed by atoms with Crippen LogP contribution in [0.4, 0.5) is 0 Å². The van der Waals surface area contributed by atoms with Crippen molar-refractivity contribution in [1.82, 2.24) is 9.97 Å². The van der Waals surface area contributed by atoms with Gasteiger partial charge in [0.15, 0.2) is 0 Å². The Kier molecular flexibility index (Phi) is 2.84. The molecule has 1 aliphatic carbocycles. The van der Waals surface area contributed by atoms with E-state index in [4.69, 9.17) is 0 Å². The van der Waals surface area contributed by atoms with E-state index in [1.807, 2.05) is 36.4 Å². The molecule has 1 aliphatic rings. The monoisotopic (exact) mass is 240 g/mol. The van der Waals surface area contributed by atoms with Crippen molar-refractivity contribution in [2.24, 2.45) is 0 Å². The molecule has 1 N–H and O–H groups in total. The summed E-state index contributed by atoms with van der Waals surface area (Å²) in [6, 6.07) is 11.6. The lowest BCUT2D eigenvalue weighted by atomic mass is 9.62. The maximum absolute atomic E-state index is 10.6. The summed E-state index contributed by atoms with van der Waals surface area (Å²) in [5, 5.41) is 10.6. The van der Waals surface area contributed by atoms with Crippen molar-refractivity contribution in [3.63, 3.8) is 0 Å². The van der Waals surface area contributed by atoms with Gasteiger partial charge >= 0.3 is 0 Å². The van der Waals surface area contributed by atoms with E-state index < -0.39 is 6.10 Å². The fraction of sp³-hybridized carbons (Fsp3) is 0.333. The standard InChI is InChI=1S/C15H16N2O/c18-14(12-6-1-3-10-16-12)15(8-5-9-15)13-7-2-4-11-17-13/h1-4,6-7,10-11,14,18H,5,8-9H2. The minimum Gasteiger partial charge on any atom is -0.386 e. The first-order valence-electron chi connectivity index (χ1n) is 6.33. The largest absolute Gasteiger partial charge is 0.386 e. The summed E-state index contributed by atoms with van der Waals surface area (Å²) in [5.74, 6) is 0. The molecule has 3 rings (SSSR count). The van der Waals surface area contributed by atoms with Crippen LogP contribution in [0.1, 0.15) is 36.8 Å². The van der Waals surface area contributed by atoms with Gasteiger partial charge in [0.05, 0.1) is 5.69 Å². The third-order valence-corrected chi connectivity index (χ3v) is 3.91. The topological polar surface area (TPSA) is 46.0 Å². The zero-order valence-electron chi connectivity index (χ0n) is 10.2. The predicted molar refractivity (Wildman–Crippen MR) is 69.0 cm³/mol. The Balaban J connectivity index is 1.98.